The number of nitro groups is 1. The minimum atomic E-state index is -0.481. The number of rotatable bonds is 4. The molecule has 0 atom stereocenters. The lowest BCUT2D eigenvalue weighted by Crippen LogP contribution is -2.44. The van der Waals surface area contributed by atoms with Crippen molar-refractivity contribution >= 4 is 22.3 Å². The molecule has 0 radical (unpaired) electrons. The molecule has 0 unspecified atom stereocenters. The largest absolute Gasteiger partial charge is 0.394 e. The number of nitrogens with zero attached hydrogens (tertiary/aromatic N) is 3. The predicted molar refractivity (Wildman–Crippen MR) is 82.7 cm³/mol. The van der Waals surface area contributed by atoms with Crippen molar-refractivity contribution < 1.29 is 10.0 Å². The van der Waals surface area contributed by atoms with Crippen molar-refractivity contribution in [1.82, 2.24) is 4.98 Å². The van der Waals surface area contributed by atoms with Gasteiger partial charge >= 0.3 is 0 Å². The molecule has 0 spiro atoms. The minimum Gasteiger partial charge on any atom is -0.394 e. The topological polar surface area (TPSA) is 79.5 Å². The van der Waals surface area contributed by atoms with E-state index in [1.807, 2.05) is 38.8 Å². The fourth-order valence-electron chi connectivity index (χ4n) is 2.15. The SMILES string of the molecule is Cc1cc(N(C)C(C)(C)CO)c2cc([N+](=O)[O-])ccc2n1. The second kappa shape index (κ2) is 5.29. The van der Waals surface area contributed by atoms with Crippen LogP contribution in [0.25, 0.3) is 10.9 Å². The van der Waals surface area contributed by atoms with E-state index in [4.69, 9.17) is 0 Å². The highest BCUT2D eigenvalue weighted by Crippen LogP contribution is 2.32. The van der Waals surface area contributed by atoms with Crippen LogP contribution in [0.2, 0.25) is 0 Å². The Morgan fingerprint density at radius 3 is 2.62 bits per heavy atom. The summed E-state index contributed by atoms with van der Waals surface area (Å²) in [7, 11) is 1.86. The van der Waals surface area contributed by atoms with E-state index >= 15 is 0 Å². The van der Waals surface area contributed by atoms with E-state index in [0.29, 0.717) is 10.9 Å². The van der Waals surface area contributed by atoms with Gasteiger partial charge in [-0.15, -0.1) is 0 Å². The summed E-state index contributed by atoms with van der Waals surface area (Å²) in [5, 5.41) is 21.2. The number of aryl methyl sites for hydroxylation is 1. The van der Waals surface area contributed by atoms with Crippen molar-refractivity contribution in [2.45, 2.75) is 26.3 Å². The summed E-state index contributed by atoms with van der Waals surface area (Å²) in [4.78, 5) is 16.9. The molecule has 0 aliphatic heterocycles. The van der Waals surface area contributed by atoms with Gasteiger partial charge in [-0.05, 0) is 32.9 Å². The van der Waals surface area contributed by atoms with Crippen LogP contribution in [-0.2, 0) is 0 Å². The smallest absolute Gasteiger partial charge is 0.270 e. The Morgan fingerprint density at radius 1 is 1.38 bits per heavy atom. The molecule has 1 aromatic heterocycles. The zero-order valence-corrected chi connectivity index (χ0v) is 12.6. The van der Waals surface area contributed by atoms with Crippen molar-refractivity contribution in [3.05, 3.63) is 40.1 Å². The molecule has 21 heavy (non-hydrogen) atoms. The third-order valence-corrected chi connectivity index (χ3v) is 3.77. The average Bonchev–Trinajstić information content (AvgIpc) is 2.44. The van der Waals surface area contributed by atoms with Crippen LogP contribution < -0.4 is 4.90 Å². The third kappa shape index (κ3) is 2.80. The Labute approximate surface area is 123 Å². The van der Waals surface area contributed by atoms with Gasteiger partial charge in [-0.3, -0.25) is 15.1 Å². The highest BCUT2D eigenvalue weighted by Gasteiger charge is 2.25. The summed E-state index contributed by atoms with van der Waals surface area (Å²) in [6.45, 7) is 5.67. The molecular formula is C15H19N3O3. The number of nitro benzene ring substituents is 1. The van der Waals surface area contributed by atoms with Gasteiger partial charge in [0.05, 0.1) is 22.6 Å². The Bertz CT molecular complexity index is 698. The van der Waals surface area contributed by atoms with Crippen molar-refractivity contribution in [2.24, 2.45) is 0 Å². The van der Waals surface area contributed by atoms with Crippen LogP contribution in [0.1, 0.15) is 19.5 Å². The molecular weight excluding hydrogens is 270 g/mol. The Kier molecular flexibility index (Phi) is 3.82. The van der Waals surface area contributed by atoms with Crippen LogP contribution in [0, 0.1) is 17.0 Å². The third-order valence-electron chi connectivity index (χ3n) is 3.77. The number of anilines is 1. The van der Waals surface area contributed by atoms with E-state index < -0.39 is 10.5 Å². The molecule has 0 saturated carbocycles. The lowest BCUT2D eigenvalue weighted by atomic mass is 10.0. The summed E-state index contributed by atoms with van der Waals surface area (Å²) >= 11 is 0. The van der Waals surface area contributed by atoms with Crippen LogP contribution in [0.4, 0.5) is 11.4 Å². The number of benzene rings is 1. The normalized spacial score (nSPS) is 11.7. The molecule has 6 nitrogen and oxygen atoms in total. The molecule has 1 heterocycles. The van der Waals surface area contributed by atoms with Crippen LogP contribution >= 0.6 is 0 Å². The maximum Gasteiger partial charge on any atom is 0.270 e. The maximum atomic E-state index is 11.0. The Balaban J connectivity index is 2.71. The number of likely N-dealkylation sites (N-methyl/N-ethyl adjacent to an activating group) is 1. The molecule has 2 aromatic rings. The van der Waals surface area contributed by atoms with Gasteiger partial charge in [-0.1, -0.05) is 0 Å². The fraction of sp³-hybridized carbons (Fsp3) is 0.400. The van der Waals surface area contributed by atoms with Crippen LogP contribution in [-0.4, -0.2) is 34.2 Å². The number of hydrogen-bond donors (Lipinski definition) is 1. The van der Waals surface area contributed by atoms with E-state index in [9.17, 15) is 15.2 Å². The van der Waals surface area contributed by atoms with Gasteiger partial charge in [-0.2, -0.15) is 0 Å². The number of fused-ring (bicyclic) bond motifs is 1. The number of aromatic nitrogens is 1. The Morgan fingerprint density at radius 2 is 2.05 bits per heavy atom. The highest BCUT2D eigenvalue weighted by molar-refractivity contribution is 5.93. The molecule has 0 amide bonds. The van der Waals surface area contributed by atoms with Gasteiger partial charge in [0.1, 0.15) is 0 Å². The van der Waals surface area contributed by atoms with Crippen LogP contribution in [0.5, 0.6) is 0 Å². The molecule has 112 valence electrons. The summed E-state index contributed by atoms with van der Waals surface area (Å²) in [5.41, 5.74) is 1.90. The molecule has 0 aliphatic carbocycles. The van der Waals surface area contributed by atoms with E-state index in [1.165, 1.54) is 12.1 Å². The average molecular weight is 289 g/mol. The lowest BCUT2D eigenvalue weighted by Gasteiger charge is -2.36. The zero-order valence-electron chi connectivity index (χ0n) is 12.6. The van der Waals surface area contributed by atoms with E-state index in [0.717, 1.165) is 11.4 Å². The molecule has 6 heteroatoms. The zero-order chi connectivity index (χ0) is 15.8. The summed E-state index contributed by atoms with van der Waals surface area (Å²) in [5.74, 6) is 0. The lowest BCUT2D eigenvalue weighted by molar-refractivity contribution is -0.384. The molecule has 0 fully saturated rings. The van der Waals surface area contributed by atoms with Gasteiger partial charge in [0.25, 0.3) is 5.69 Å². The second-order valence-corrected chi connectivity index (χ2v) is 5.77. The monoisotopic (exact) mass is 289 g/mol. The number of aliphatic hydroxyl groups is 1. The Hall–Kier alpha value is -2.21. The van der Waals surface area contributed by atoms with Crippen molar-refractivity contribution in [2.75, 3.05) is 18.6 Å². The second-order valence-electron chi connectivity index (χ2n) is 5.77. The first-order valence-electron chi connectivity index (χ1n) is 6.67. The molecule has 0 saturated heterocycles. The van der Waals surface area contributed by atoms with Crippen LogP contribution in [0.15, 0.2) is 24.3 Å². The number of non-ortho nitro benzene ring substituents is 1. The van der Waals surface area contributed by atoms with Crippen molar-refractivity contribution in [1.29, 1.82) is 0 Å². The predicted octanol–water partition coefficient (Wildman–Crippen LogP) is 2.66. The first kappa shape index (κ1) is 15.2. The first-order chi connectivity index (χ1) is 9.76. The first-order valence-corrected chi connectivity index (χ1v) is 6.67. The molecule has 2 rings (SSSR count). The molecule has 0 bridgehead atoms. The van der Waals surface area contributed by atoms with E-state index in [1.54, 1.807) is 6.07 Å². The fourth-order valence-corrected chi connectivity index (χ4v) is 2.15. The van der Waals surface area contributed by atoms with E-state index in [2.05, 4.69) is 4.98 Å². The van der Waals surface area contributed by atoms with Crippen molar-refractivity contribution in [3.63, 3.8) is 0 Å². The summed E-state index contributed by atoms with van der Waals surface area (Å²) < 4.78 is 0. The number of pyridine rings is 1. The quantitative estimate of drug-likeness (QED) is 0.691. The number of aliphatic hydroxyl groups excluding tert-OH is 1. The number of hydrogen-bond acceptors (Lipinski definition) is 5. The standard InChI is InChI=1S/C15H19N3O3/c1-10-7-14(17(4)15(2,3)9-19)12-8-11(18(20)21)5-6-13(12)16-10/h5-8,19H,9H2,1-4H3. The minimum absolute atomic E-state index is 0.0265. The maximum absolute atomic E-state index is 11.0. The van der Waals surface area contributed by atoms with Gasteiger partial charge in [0, 0.05) is 35.9 Å². The van der Waals surface area contributed by atoms with Gasteiger partial charge < -0.3 is 10.0 Å². The van der Waals surface area contributed by atoms with Crippen LogP contribution in [0.3, 0.4) is 0 Å². The molecule has 0 aliphatic rings. The molecule has 1 aromatic carbocycles. The van der Waals surface area contributed by atoms with E-state index in [-0.39, 0.29) is 12.3 Å². The molecule has 1 N–H and O–H groups in total. The highest BCUT2D eigenvalue weighted by atomic mass is 16.6. The summed E-state index contributed by atoms with van der Waals surface area (Å²) in [6.07, 6.45) is 0. The van der Waals surface area contributed by atoms with Crippen molar-refractivity contribution in [3.8, 4) is 0 Å². The van der Waals surface area contributed by atoms with Gasteiger partial charge in [0.2, 0.25) is 0 Å². The van der Waals surface area contributed by atoms with Gasteiger partial charge in [0.15, 0.2) is 0 Å². The van der Waals surface area contributed by atoms with Gasteiger partial charge in [-0.25, -0.2) is 0 Å². The summed E-state index contributed by atoms with van der Waals surface area (Å²) in [6, 6.07) is 6.52.